The molecule has 0 saturated heterocycles. The predicted octanol–water partition coefficient (Wildman–Crippen LogP) is 2.48. The number of carbonyl (C=O) groups excluding carboxylic acids is 1. The number of amides is 1. The molecule has 0 fully saturated rings. The third-order valence-electron chi connectivity index (χ3n) is 2.23. The number of aromatic nitrogens is 3. The summed E-state index contributed by atoms with van der Waals surface area (Å²) in [6.45, 7) is 5.86. The first-order chi connectivity index (χ1) is 8.08. The molecule has 90 valence electrons. The lowest BCUT2D eigenvalue weighted by Gasteiger charge is -2.09. The predicted molar refractivity (Wildman–Crippen MR) is 67.4 cm³/mol. The molecule has 2 rings (SSSR count). The third-order valence-corrected chi connectivity index (χ3v) is 2.92. The zero-order valence-corrected chi connectivity index (χ0v) is 10.8. The van der Waals surface area contributed by atoms with Crippen molar-refractivity contribution in [1.29, 1.82) is 0 Å². The van der Waals surface area contributed by atoms with E-state index in [1.807, 2.05) is 26.2 Å². The molecule has 2 heterocycles. The molecule has 0 bridgehead atoms. The minimum absolute atomic E-state index is 0.153. The summed E-state index contributed by atoms with van der Waals surface area (Å²) >= 11 is 1.39. The van der Waals surface area contributed by atoms with Gasteiger partial charge in [-0.3, -0.25) is 14.8 Å². The second-order valence-electron chi connectivity index (χ2n) is 4.00. The molecular formula is C11H14N4OS. The van der Waals surface area contributed by atoms with E-state index in [4.69, 9.17) is 0 Å². The number of carbonyl (C=O) groups is 1. The average Bonchev–Trinajstić information content (AvgIpc) is 2.86. The lowest BCUT2D eigenvalue weighted by Crippen LogP contribution is -2.18. The van der Waals surface area contributed by atoms with Crippen molar-refractivity contribution in [2.24, 2.45) is 0 Å². The van der Waals surface area contributed by atoms with Crippen molar-refractivity contribution in [3.8, 4) is 0 Å². The number of anilines is 1. The van der Waals surface area contributed by atoms with Crippen LogP contribution in [0.5, 0.6) is 0 Å². The van der Waals surface area contributed by atoms with Gasteiger partial charge < -0.3 is 0 Å². The average molecular weight is 250 g/mol. The van der Waals surface area contributed by atoms with Gasteiger partial charge in [-0.25, -0.2) is 4.98 Å². The fourth-order valence-electron chi connectivity index (χ4n) is 1.53. The molecule has 0 unspecified atom stereocenters. The Morgan fingerprint density at radius 3 is 2.88 bits per heavy atom. The van der Waals surface area contributed by atoms with Crippen LogP contribution in [-0.2, 0) is 0 Å². The summed E-state index contributed by atoms with van der Waals surface area (Å²) in [6, 6.07) is 1.93. The first kappa shape index (κ1) is 11.8. The van der Waals surface area contributed by atoms with Gasteiger partial charge in [-0.15, -0.1) is 11.3 Å². The van der Waals surface area contributed by atoms with Crippen molar-refractivity contribution in [2.75, 3.05) is 5.32 Å². The van der Waals surface area contributed by atoms with Crippen LogP contribution in [0.1, 0.15) is 36.1 Å². The van der Waals surface area contributed by atoms with Crippen molar-refractivity contribution >= 4 is 22.4 Å². The summed E-state index contributed by atoms with van der Waals surface area (Å²) in [5, 5.41) is 9.47. The molecule has 0 aromatic carbocycles. The number of aryl methyl sites for hydroxylation is 1. The van der Waals surface area contributed by atoms with Crippen molar-refractivity contribution in [3.05, 3.63) is 29.0 Å². The molecule has 1 amide bonds. The van der Waals surface area contributed by atoms with Crippen LogP contribution in [0, 0.1) is 6.92 Å². The largest absolute Gasteiger partial charge is 0.297 e. The van der Waals surface area contributed by atoms with Crippen LogP contribution >= 0.6 is 11.3 Å². The van der Waals surface area contributed by atoms with Crippen LogP contribution in [0.25, 0.3) is 0 Å². The van der Waals surface area contributed by atoms with E-state index in [0.717, 1.165) is 5.69 Å². The van der Waals surface area contributed by atoms with Crippen LogP contribution in [0.15, 0.2) is 17.6 Å². The smallest absolute Gasteiger partial charge is 0.275 e. The molecule has 6 heteroatoms. The summed E-state index contributed by atoms with van der Waals surface area (Å²) < 4.78 is 1.72. The van der Waals surface area contributed by atoms with Gasteiger partial charge in [0.25, 0.3) is 5.91 Å². The molecular weight excluding hydrogens is 236 g/mol. The Morgan fingerprint density at radius 2 is 2.29 bits per heavy atom. The standard InChI is InChI=1S/C11H14N4OS/c1-7(2)15-9(6-8(3)14-15)10(16)13-11-12-4-5-17-11/h4-7H,1-3H3,(H,12,13,16). The van der Waals surface area contributed by atoms with Crippen molar-refractivity contribution in [1.82, 2.24) is 14.8 Å². The van der Waals surface area contributed by atoms with Gasteiger partial charge in [0, 0.05) is 17.6 Å². The van der Waals surface area contributed by atoms with Gasteiger partial charge in [0.15, 0.2) is 5.13 Å². The highest BCUT2D eigenvalue weighted by Gasteiger charge is 2.16. The molecule has 0 radical (unpaired) electrons. The highest BCUT2D eigenvalue weighted by atomic mass is 32.1. The molecule has 0 spiro atoms. The molecule has 2 aromatic rings. The highest BCUT2D eigenvalue weighted by Crippen LogP contribution is 2.15. The number of rotatable bonds is 3. The van der Waals surface area contributed by atoms with E-state index in [1.165, 1.54) is 11.3 Å². The van der Waals surface area contributed by atoms with E-state index in [1.54, 1.807) is 16.9 Å². The molecule has 0 aliphatic rings. The molecule has 0 atom stereocenters. The molecule has 2 aromatic heterocycles. The van der Waals surface area contributed by atoms with Gasteiger partial charge in [-0.1, -0.05) is 0 Å². The Bertz CT molecular complexity index is 516. The maximum absolute atomic E-state index is 12.0. The quantitative estimate of drug-likeness (QED) is 0.910. The number of nitrogens with one attached hydrogen (secondary N) is 1. The zero-order chi connectivity index (χ0) is 12.4. The summed E-state index contributed by atoms with van der Waals surface area (Å²) in [6.07, 6.45) is 1.66. The van der Waals surface area contributed by atoms with Crippen LogP contribution in [-0.4, -0.2) is 20.7 Å². The monoisotopic (exact) mass is 250 g/mol. The van der Waals surface area contributed by atoms with Crippen molar-refractivity contribution in [2.45, 2.75) is 26.8 Å². The topological polar surface area (TPSA) is 59.8 Å². The van der Waals surface area contributed by atoms with Gasteiger partial charge in [0.1, 0.15) is 5.69 Å². The third kappa shape index (κ3) is 2.52. The number of hydrogen-bond donors (Lipinski definition) is 1. The molecule has 17 heavy (non-hydrogen) atoms. The van der Waals surface area contributed by atoms with Crippen LogP contribution in [0.4, 0.5) is 5.13 Å². The van der Waals surface area contributed by atoms with Gasteiger partial charge >= 0.3 is 0 Å². The summed E-state index contributed by atoms with van der Waals surface area (Å²) in [5.41, 5.74) is 1.40. The Labute approximate surface area is 103 Å². The summed E-state index contributed by atoms with van der Waals surface area (Å²) in [5.74, 6) is -0.172. The Balaban J connectivity index is 2.24. The van der Waals surface area contributed by atoms with E-state index >= 15 is 0 Å². The fourth-order valence-corrected chi connectivity index (χ4v) is 2.05. The van der Waals surface area contributed by atoms with Crippen molar-refractivity contribution in [3.63, 3.8) is 0 Å². The zero-order valence-electron chi connectivity index (χ0n) is 9.97. The number of nitrogens with zero attached hydrogens (tertiary/aromatic N) is 3. The first-order valence-electron chi connectivity index (χ1n) is 5.35. The van der Waals surface area contributed by atoms with E-state index in [9.17, 15) is 4.79 Å². The lowest BCUT2D eigenvalue weighted by atomic mass is 10.3. The Kier molecular flexibility index (Phi) is 3.23. The molecule has 0 saturated carbocycles. The number of hydrogen-bond acceptors (Lipinski definition) is 4. The van der Waals surface area contributed by atoms with E-state index < -0.39 is 0 Å². The van der Waals surface area contributed by atoms with Gasteiger partial charge in [0.2, 0.25) is 0 Å². The normalized spacial score (nSPS) is 10.8. The minimum Gasteiger partial charge on any atom is -0.297 e. The van der Waals surface area contributed by atoms with Crippen LogP contribution in [0.3, 0.4) is 0 Å². The van der Waals surface area contributed by atoms with Crippen LogP contribution in [0.2, 0.25) is 0 Å². The Hall–Kier alpha value is -1.69. The van der Waals surface area contributed by atoms with E-state index in [-0.39, 0.29) is 11.9 Å². The molecule has 0 aliphatic carbocycles. The first-order valence-corrected chi connectivity index (χ1v) is 6.23. The number of thiazole rings is 1. The maximum Gasteiger partial charge on any atom is 0.275 e. The van der Waals surface area contributed by atoms with Crippen LogP contribution < -0.4 is 5.32 Å². The van der Waals surface area contributed by atoms with Gasteiger partial charge in [0.05, 0.1) is 5.69 Å². The second kappa shape index (κ2) is 4.67. The Morgan fingerprint density at radius 1 is 1.53 bits per heavy atom. The highest BCUT2D eigenvalue weighted by molar-refractivity contribution is 7.13. The summed E-state index contributed by atoms with van der Waals surface area (Å²) in [4.78, 5) is 16.1. The van der Waals surface area contributed by atoms with Gasteiger partial charge in [-0.05, 0) is 26.8 Å². The fraction of sp³-hybridized carbons (Fsp3) is 0.364. The van der Waals surface area contributed by atoms with E-state index in [0.29, 0.717) is 10.8 Å². The molecule has 5 nitrogen and oxygen atoms in total. The minimum atomic E-state index is -0.172. The SMILES string of the molecule is Cc1cc(C(=O)Nc2nccs2)n(C(C)C)n1. The van der Waals surface area contributed by atoms with E-state index in [2.05, 4.69) is 15.4 Å². The summed E-state index contributed by atoms with van der Waals surface area (Å²) in [7, 11) is 0. The van der Waals surface area contributed by atoms with Gasteiger partial charge in [-0.2, -0.15) is 5.10 Å². The molecule has 1 N–H and O–H groups in total. The maximum atomic E-state index is 12.0. The lowest BCUT2D eigenvalue weighted by molar-refractivity contribution is 0.101. The molecule has 0 aliphatic heterocycles. The second-order valence-corrected chi connectivity index (χ2v) is 4.90. The van der Waals surface area contributed by atoms with Crippen molar-refractivity contribution < 1.29 is 4.79 Å².